The van der Waals surface area contributed by atoms with Crippen LogP contribution in [-0.2, 0) is 0 Å². The molecule has 2 N–H and O–H groups in total. The fourth-order valence-corrected chi connectivity index (χ4v) is 2.89. The minimum Gasteiger partial charge on any atom is -0.493 e. The summed E-state index contributed by atoms with van der Waals surface area (Å²) in [7, 11) is 4.35. The molecule has 1 aromatic heterocycles. The SMILES string of the molecule is COc1cc(C(=O)c2c(C(=O)O)[nH]c3ccccc23)cc(OC)c1OC. The van der Waals surface area contributed by atoms with E-state index in [1.165, 1.54) is 33.5 Å². The third kappa shape index (κ3) is 2.73. The molecule has 2 aromatic carbocycles. The molecule has 7 heteroatoms. The number of carbonyl (C=O) groups excluding carboxylic acids is 1. The number of aromatic nitrogens is 1. The normalized spacial score (nSPS) is 10.6. The van der Waals surface area contributed by atoms with E-state index in [-0.39, 0.29) is 16.8 Å². The first-order valence-electron chi connectivity index (χ1n) is 7.70. The van der Waals surface area contributed by atoms with E-state index in [0.717, 1.165) is 0 Å². The number of para-hydroxylation sites is 1. The molecule has 0 saturated carbocycles. The van der Waals surface area contributed by atoms with Crippen LogP contribution in [0.2, 0.25) is 0 Å². The minimum absolute atomic E-state index is 0.0855. The molecule has 3 aromatic rings. The van der Waals surface area contributed by atoms with Gasteiger partial charge in [-0.15, -0.1) is 0 Å². The third-order valence-electron chi connectivity index (χ3n) is 4.07. The molecule has 7 nitrogen and oxygen atoms in total. The van der Waals surface area contributed by atoms with Gasteiger partial charge in [-0.1, -0.05) is 18.2 Å². The van der Waals surface area contributed by atoms with Gasteiger partial charge in [0.1, 0.15) is 5.69 Å². The molecule has 0 amide bonds. The summed E-state index contributed by atoms with van der Waals surface area (Å²) in [5.41, 5.74) is 0.722. The first-order valence-corrected chi connectivity index (χ1v) is 7.70. The van der Waals surface area contributed by atoms with Crippen molar-refractivity contribution in [1.82, 2.24) is 4.98 Å². The molecule has 134 valence electrons. The van der Waals surface area contributed by atoms with Gasteiger partial charge in [-0.2, -0.15) is 0 Å². The molecule has 26 heavy (non-hydrogen) atoms. The van der Waals surface area contributed by atoms with Crippen LogP contribution in [0.15, 0.2) is 36.4 Å². The Morgan fingerprint density at radius 2 is 1.58 bits per heavy atom. The number of hydrogen-bond acceptors (Lipinski definition) is 5. The van der Waals surface area contributed by atoms with Crippen LogP contribution in [0.25, 0.3) is 10.9 Å². The maximum Gasteiger partial charge on any atom is 0.353 e. The third-order valence-corrected chi connectivity index (χ3v) is 4.07. The largest absolute Gasteiger partial charge is 0.493 e. The predicted octanol–water partition coefficient (Wildman–Crippen LogP) is 3.12. The second-order valence-corrected chi connectivity index (χ2v) is 5.47. The zero-order chi connectivity index (χ0) is 18.8. The lowest BCUT2D eigenvalue weighted by molar-refractivity contribution is 0.0687. The Morgan fingerprint density at radius 1 is 0.962 bits per heavy atom. The fourth-order valence-electron chi connectivity index (χ4n) is 2.89. The Balaban J connectivity index is 2.24. The molecule has 0 bridgehead atoms. The Bertz CT molecular complexity index is 979. The Morgan fingerprint density at radius 3 is 2.12 bits per heavy atom. The van der Waals surface area contributed by atoms with Crippen molar-refractivity contribution < 1.29 is 28.9 Å². The number of hydrogen-bond donors (Lipinski definition) is 2. The standard InChI is InChI=1S/C19H17NO6/c1-24-13-8-10(9-14(25-2)18(13)26-3)17(21)15-11-6-4-5-7-12(11)20-16(15)19(22)23/h4-9,20H,1-3H3,(H,22,23). The molecule has 0 aliphatic heterocycles. The number of fused-ring (bicyclic) bond motifs is 1. The first-order chi connectivity index (χ1) is 12.5. The first kappa shape index (κ1) is 17.3. The van der Waals surface area contributed by atoms with Gasteiger partial charge in [-0.3, -0.25) is 4.79 Å². The molecule has 0 fully saturated rings. The van der Waals surface area contributed by atoms with Crippen LogP contribution in [0, 0.1) is 0 Å². The van der Waals surface area contributed by atoms with Crippen LogP contribution >= 0.6 is 0 Å². The lowest BCUT2D eigenvalue weighted by Crippen LogP contribution is -2.09. The Hall–Kier alpha value is -3.48. The van der Waals surface area contributed by atoms with E-state index in [9.17, 15) is 14.7 Å². The van der Waals surface area contributed by atoms with Crippen LogP contribution in [-0.4, -0.2) is 43.2 Å². The van der Waals surface area contributed by atoms with Crippen molar-refractivity contribution in [3.05, 3.63) is 53.2 Å². The molecular weight excluding hydrogens is 338 g/mol. The van der Waals surface area contributed by atoms with Crippen LogP contribution in [0.3, 0.4) is 0 Å². The fraction of sp³-hybridized carbons (Fsp3) is 0.158. The van der Waals surface area contributed by atoms with Gasteiger partial charge in [-0.25, -0.2) is 4.79 Å². The number of carboxylic acid groups (broad SMARTS) is 1. The maximum atomic E-state index is 13.1. The number of rotatable bonds is 6. The van der Waals surface area contributed by atoms with Crippen LogP contribution in [0.1, 0.15) is 26.4 Å². The predicted molar refractivity (Wildman–Crippen MR) is 94.8 cm³/mol. The Labute approximate surface area is 149 Å². The van der Waals surface area contributed by atoms with E-state index in [4.69, 9.17) is 14.2 Å². The summed E-state index contributed by atoms with van der Waals surface area (Å²) in [6.45, 7) is 0. The quantitative estimate of drug-likeness (QED) is 0.659. The summed E-state index contributed by atoms with van der Waals surface area (Å²) in [5.74, 6) is -0.695. The maximum absolute atomic E-state index is 13.1. The number of aromatic carboxylic acids is 1. The van der Waals surface area contributed by atoms with Crippen molar-refractivity contribution in [3.63, 3.8) is 0 Å². The number of nitrogens with one attached hydrogen (secondary N) is 1. The van der Waals surface area contributed by atoms with Crippen molar-refractivity contribution in [2.75, 3.05) is 21.3 Å². The number of carbonyl (C=O) groups is 2. The van der Waals surface area contributed by atoms with Gasteiger partial charge in [0.25, 0.3) is 0 Å². The van der Waals surface area contributed by atoms with Crippen molar-refractivity contribution in [2.24, 2.45) is 0 Å². The molecule has 0 saturated heterocycles. The van der Waals surface area contributed by atoms with Crippen molar-refractivity contribution in [1.29, 1.82) is 0 Å². The van der Waals surface area contributed by atoms with Gasteiger partial charge in [0, 0.05) is 16.5 Å². The molecule has 0 atom stereocenters. The average Bonchev–Trinajstić information content (AvgIpc) is 3.06. The highest BCUT2D eigenvalue weighted by Crippen LogP contribution is 2.39. The smallest absolute Gasteiger partial charge is 0.353 e. The summed E-state index contributed by atoms with van der Waals surface area (Å²) in [5, 5.41) is 10.0. The lowest BCUT2D eigenvalue weighted by atomic mass is 9.99. The Kier molecular flexibility index (Phi) is 4.53. The average molecular weight is 355 g/mol. The van der Waals surface area contributed by atoms with E-state index in [0.29, 0.717) is 28.2 Å². The summed E-state index contributed by atoms with van der Waals surface area (Å²) < 4.78 is 15.8. The minimum atomic E-state index is -1.21. The van der Waals surface area contributed by atoms with Gasteiger partial charge < -0.3 is 24.3 Å². The second kappa shape index (κ2) is 6.79. The van der Waals surface area contributed by atoms with Gasteiger partial charge in [0.15, 0.2) is 17.3 Å². The van der Waals surface area contributed by atoms with Crippen LogP contribution in [0.4, 0.5) is 0 Å². The molecule has 0 radical (unpaired) electrons. The van der Waals surface area contributed by atoms with Crippen molar-refractivity contribution in [2.45, 2.75) is 0 Å². The zero-order valence-corrected chi connectivity index (χ0v) is 14.5. The van der Waals surface area contributed by atoms with E-state index >= 15 is 0 Å². The highest BCUT2D eigenvalue weighted by molar-refractivity contribution is 6.21. The van der Waals surface area contributed by atoms with Gasteiger partial charge in [0.2, 0.25) is 5.75 Å². The number of ketones is 1. The van der Waals surface area contributed by atoms with Gasteiger partial charge in [-0.05, 0) is 18.2 Å². The molecule has 0 aliphatic carbocycles. The molecular formula is C19H17NO6. The van der Waals surface area contributed by atoms with E-state index in [1.807, 2.05) is 0 Å². The monoisotopic (exact) mass is 355 g/mol. The van der Waals surface area contributed by atoms with Crippen molar-refractivity contribution in [3.8, 4) is 17.2 Å². The highest BCUT2D eigenvalue weighted by atomic mass is 16.5. The van der Waals surface area contributed by atoms with E-state index in [2.05, 4.69) is 4.98 Å². The molecule has 1 heterocycles. The van der Waals surface area contributed by atoms with Gasteiger partial charge >= 0.3 is 5.97 Å². The molecule has 3 rings (SSSR count). The summed E-state index contributed by atoms with van der Waals surface area (Å²) in [6, 6.07) is 9.91. The van der Waals surface area contributed by atoms with Crippen LogP contribution in [0.5, 0.6) is 17.2 Å². The number of methoxy groups -OCH3 is 3. The second-order valence-electron chi connectivity index (χ2n) is 5.47. The summed E-state index contributed by atoms with van der Waals surface area (Å²) in [4.78, 5) is 27.6. The van der Waals surface area contributed by atoms with Crippen molar-refractivity contribution >= 4 is 22.7 Å². The summed E-state index contributed by atoms with van der Waals surface area (Å²) >= 11 is 0. The van der Waals surface area contributed by atoms with Gasteiger partial charge in [0.05, 0.1) is 26.9 Å². The molecule has 0 spiro atoms. The highest BCUT2D eigenvalue weighted by Gasteiger charge is 2.26. The number of benzene rings is 2. The number of aromatic amines is 1. The topological polar surface area (TPSA) is 97.9 Å². The number of carboxylic acids is 1. The molecule has 0 unspecified atom stereocenters. The zero-order valence-electron chi connectivity index (χ0n) is 14.5. The lowest BCUT2D eigenvalue weighted by Gasteiger charge is -2.13. The number of ether oxygens (including phenoxy) is 3. The van der Waals surface area contributed by atoms with E-state index < -0.39 is 11.8 Å². The van der Waals surface area contributed by atoms with Crippen LogP contribution < -0.4 is 14.2 Å². The summed E-state index contributed by atoms with van der Waals surface area (Å²) in [6.07, 6.45) is 0. The number of H-pyrrole nitrogens is 1. The molecule has 0 aliphatic rings. The van der Waals surface area contributed by atoms with E-state index in [1.54, 1.807) is 24.3 Å².